The number of rotatable bonds is 6. The molecule has 1 aliphatic rings. The van der Waals surface area contributed by atoms with Crippen LogP contribution in [0.15, 0.2) is 29.2 Å². The van der Waals surface area contributed by atoms with Crippen molar-refractivity contribution in [1.82, 2.24) is 9.62 Å². The fourth-order valence-electron chi connectivity index (χ4n) is 2.73. The van der Waals surface area contributed by atoms with Crippen LogP contribution in [-0.4, -0.2) is 49.8 Å². The fraction of sp³-hybridized carbons (Fsp3) is 0.529. The first kappa shape index (κ1) is 19.4. The molecule has 1 aromatic carbocycles. The van der Waals surface area contributed by atoms with E-state index in [0.29, 0.717) is 19.4 Å². The summed E-state index contributed by atoms with van der Waals surface area (Å²) in [7, 11) is -3.78. The summed E-state index contributed by atoms with van der Waals surface area (Å²) in [5, 5.41) is 2.57. The zero-order valence-corrected chi connectivity index (χ0v) is 15.5. The van der Waals surface area contributed by atoms with Gasteiger partial charge in [0.05, 0.1) is 4.90 Å². The maximum Gasteiger partial charge on any atom is 0.325 e. The third kappa shape index (κ3) is 4.38. The van der Waals surface area contributed by atoms with Crippen molar-refractivity contribution in [3.63, 3.8) is 0 Å². The van der Waals surface area contributed by atoms with Crippen molar-refractivity contribution in [3.8, 4) is 0 Å². The van der Waals surface area contributed by atoms with E-state index in [1.54, 1.807) is 19.1 Å². The Morgan fingerprint density at radius 3 is 2.56 bits per heavy atom. The number of sulfonamides is 1. The van der Waals surface area contributed by atoms with Crippen LogP contribution in [0.3, 0.4) is 0 Å². The molecule has 0 radical (unpaired) electrons. The first-order valence-corrected chi connectivity index (χ1v) is 9.78. The molecule has 0 spiro atoms. The summed E-state index contributed by atoms with van der Waals surface area (Å²) < 4.78 is 32.0. The van der Waals surface area contributed by atoms with E-state index >= 15 is 0 Å². The molecule has 1 aromatic rings. The number of aryl methyl sites for hydroxylation is 1. The molecule has 8 heteroatoms. The Labute approximate surface area is 148 Å². The number of carbonyl (C=O) groups is 2. The van der Waals surface area contributed by atoms with Crippen LogP contribution < -0.4 is 5.32 Å². The van der Waals surface area contributed by atoms with Gasteiger partial charge in [-0.25, -0.2) is 8.42 Å². The molecule has 1 saturated heterocycles. The molecule has 2 rings (SSSR count). The molecule has 1 fully saturated rings. The van der Waals surface area contributed by atoms with E-state index in [0.717, 1.165) is 5.56 Å². The van der Waals surface area contributed by atoms with E-state index in [1.165, 1.54) is 23.4 Å². The number of nitrogens with zero attached hydrogens (tertiary/aromatic N) is 1. The van der Waals surface area contributed by atoms with Gasteiger partial charge in [-0.3, -0.25) is 9.59 Å². The van der Waals surface area contributed by atoms with Gasteiger partial charge in [0.1, 0.15) is 6.04 Å². The van der Waals surface area contributed by atoms with Crippen molar-refractivity contribution in [1.29, 1.82) is 0 Å². The lowest BCUT2D eigenvalue weighted by Gasteiger charge is -2.24. The molecule has 0 aliphatic carbocycles. The first-order valence-electron chi connectivity index (χ1n) is 8.34. The summed E-state index contributed by atoms with van der Waals surface area (Å²) in [6, 6.07) is 5.59. The fourth-order valence-corrected chi connectivity index (χ4v) is 4.38. The molecular weight excluding hydrogens is 344 g/mol. The summed E-state index contributed by atoms with van der Waals surface area (Å²) in [5.41, 5.74) is 0.951. The van der Waals surface area contributed by atoms with Crippen molar-refractivity contribution in [2.24, 2.45) is 0 Å². The Kier molecular flexibility index (Phi) is 6.18. The molecule has 138 valence electrons. The maximum atomic E-state index is 12.8. The number of esters is 1. The van der Waals surface area contributed by atoms with Crippen LogP contribution in [0, 0.1) is 6.92 Å². The second-order valence-corrected chi connectivity index (χ2v) is 7.95. The summed E-state index contributed by atoms with van der Waals surface area (Å²) in [4.78, 5) is 24.3. The lowest BCUT2D eigenvalue weighted by Crippen LogP contribution is -2.44. The summed E-state index contributed by atoms with van der Waals surface area (Å²) in [5.74, 6) is -1.09. The van der Waals surface area contributed by atoms with E-state index in [-0.39, 0.29) is 11.4 Å². The number of ether oxygens (including phenoxy) is 1. The second kappa shape index (κ2) is 7.97. The molecular formula is C17H24N2O5S. The van der Waals surface area contributed by atoms with Gasteiger partial charge < -0.3 is 10.1 Å². The van der Waals surface area contributed by atoms with Crippen LogP contribution in [0.4, 0.5) is 0 Å². The highest BCUT2D eigenvalue weighted by molar-refractivity contribution is 7.89. The van der Waals surface area contributed by atoms with Crippen molar-refractivity contribution in [3.05, 3.63) is 29.8 Å². The number of carbonyl (C=O) groups excluding carboxylic acids is 2. The van der Waals surface area contributed by atoms with Crippen LogP contribution in [0.1, 0.15) is 32.3 Å². The molecule has 7 nitrogen and oxygen atoms in total. The molecule has 0 saturated carbocycles. The standard InChI is InChI=1S/C17H24N2O5S/c1-4-18-16(20)13(3)24-17(21)15-6-5-11-19(15)25(22,23)14-9-7-12(2)8-10-14/h7-10,13,15H,4-6,11H2,1-3H3,(H,18,20)/t13-,15+/m1/s1. The van der Waals surface area contributed by atoms with E-state index in [2.05, 4.69) is 5.32 Å². The smallest absolute Gasteiger partial charge is 0.325 e. The second-order valence-electron chi connectivity index (χ2n) is 6.06. The Bertz CT molecular complexity index is 730. The van der Waals surface area contributed by atoms with Crippen LogP contribution in [0.2, 0.25) is 0 Å². The highest BCUT2D eigenvalue weighted by Crippen LogP contribution is 2.27. The molecule has 1 heterocycles. The molecule has 1 amide bonds. The number of hydrogen-bond donors (Lipinski definition) is 1. The molecule has 2 atom stereocenters. The van der Waals surface area contributed by atoms with Crippen LogP contribution in [0.25, 0.3) is 0 Å². The summed E-state index contributed by atoms with van der Waals surface area (Å²) in [6.45, 7) is 5.79. The van der Waals surface area contributed by atoms with Gasteiger partial charge in [-0.2, -0.15) is 4.31 Å². The molecule has 0 bridgehead atoms. The average Bonchev–Trinajstić information content (AvgIpc) is 3.06. The SMILES string of the molecule is CCNC(=O)[C@@H](C)OC(=O)[C@@H]1CCCN1S(=O)(=O)c1ccc(C)cc1. The number of hydrogen-bond acceptors (Lipinski definition) is 5. The zero-order chi connectivity index (χ0) is 18.6. The largest absolute Gasteiger partial charge is 0.451 e. The Balaban J connectivity index is 2.15. The molecule has 1 N–H and O–H groups in total. The van der Waals surface area contributed by atoms with Crippen LogP contribution >= 0.6 is 0 Å². The topological polar surface area (TPSA) is 92.8 Å². The minimum absolute atomic E-state index is 0.148. The normalized spacial score (nSPS) is 19.4. The zero-order valence-electron chi connectivity index (χ0n) is 14.7. The van der Waals surface area contributed by atoms with Gasteiger partial charge in [0.15, 0.2) is 6.10 Å². The van der Waals surface area contributed by atoms with Gasteiger partial charge in [0.2, 0.25) is 10.0 Å². The minimum Gasteiger partial charge on any atom is -0.451 e. The maximum absolute atomic E-state index is 12.8. The van der Waals surface area contributed by atoms with Gasteiger partial charge in [0, 0.05) is 13.1 Å². The van der Waals surface area contributed by atoms with E-state index in [4.69, 9.17) is 4.74 Å². The summed E-state index contributed by atoms with van der Waals surface area (Å²) in [6.07, 6.45) is -0.0103. The van der Waals surface area contributed by atoms with Crippen molar-refractivity contribution >= 4 is 21.9 Å². The third-order valence-electron chi connectivity index (χ3n) is 4.12. The van der Waals surface area contributed by atoms with Crippen molar-refractivity contribution in [2.75, 3.05) is 13.1 Å². The Morgan fingerprint density at radius 1 is 1.32 bits per heavy atom. The molecule has 0 aromatic heterocycles. The predicted octanol–water partition coefficient (Wildman–Crippen LogP) is 1.22. The summed E-state index contributed by atoms with van der Waals surface area (Å²) >= 11 is 0. The quantitative estimate of drug-likeness (QED) is 0.762. The molecule has 0 unspecified atom stereocenters. The van der Waals surface area contributed by atoms with Gasteiger partial charge in [-0.1, -0.05) is 17.7 Å². The van der Waals surface area contributed by atoms with Gasteiger partial charge in [-0.15, -0.1) is 0 Å². The number of nitrogens with one attached hydrogen (secondary N) is 1. The van der Waals surface area contributed by atoms with Gasteiger partial charge in [-0.05, 0) is 45.7 Å². The lowest BCUT2D eigenvalue weighted by molar-refractivity contribution is -0.157. The van der Waals surface area contributed by atoms with E-state index in [1.807, 2.05) is 6.92 Å². The molecule has 1 aliphatic heterocycles. The highest BCUT2D eigenvalue weighted by atomic mass is 32.2. The number of benzene rings is 1. The third-order valence-corrected chi connectivity index (χ3v) is 6.04. The highest BCUT2D eigenvalue weighted by Gasteiger charge is 2.41. The van der Waals surface area contributed by atoms with E-state index in [9.17, 15) is 18.0 Å². The monoisotopic (exact) mass is 368 g/mol. The van der Waals surface area contributed by atoms with Crippen LogP contribution in [-0.2, 0) is 24.3 Å². The minimum atomic E-state index is -3.78. The average molecular weight is 368 g/mol. The first-order chi connectivity index (χ1) is 11.8. The van der Waals surface area contributed by atoms with Crippen molar-refractivity contribution in [2.45, 2.75) is 50.7 Å². The van der Waals surface area contributed by atoms with E-state index < -0.39 is 34.0 Å². The number of amides is 1. The van der Waals surface area contributed by atoms with Crippen LogP contribution in [0.5, 0.6) is 0 Å². The number of likely N-dealkylation sites (N-methyl/N-ethyl adjacent to an activating group) is 1. The molecule has 25 heavy (non-hydrogen) atoms. The van der Waals surface area contributed by atoms with Gasteiger partial charge >= 0.3 is 5.97 Å². The Morgan fingerprint density at radius 2 is 1.96 bits per heavy atom. The van der Waals surface area contributed by atoms with Gasteiger partial charge in [0.25, 0.3) is 5.91 Å². The predicted molar refractivity (Wildman–Crippen MR) is 92.3 cm³/mol. The Hall–Kier alpha value is -1.93. The lowest BCUT2D eigenvalue weighted by atomic mass is 10.2. The van der Waals surface area contributed by atoms with Crippen molar-refractivity contribution < 1.29 is 22.7 Å².